The van der Waals surface area contributed by atoms with E-state index in [1.165, 1.54) is 11.9 Å². The molecular weight excluding hydrogens is 426 g/mol. The number of amides is 2. The highest BCUT2D eigenvalue weighted by molar-refractivity contribution is 7.92. The average molecular weight is 460 g/mol. The minimum absolute atomic E-state index is 0.0685. The number of nitrogens with one attached hydrogen (secondary N) is 1. The molecule has 7 nitrogen and oxygen atoms in total. The molecule has 0 radical (unpaired) electrons. The summed E-state index contributed by atoms with van der Waals surface area (Å²) in [4.78, 5) is 27.2. The molecule has 2 aromatic rings. The molecular formula is C24H33N3O4S. The third-order valence-corrected chi connectivity index (χ3v) is 6.52. The van der Waals surface area contributed by atoms with Crippen molar-refractivity contribution >= 4 is 27.5 Å². The Hall–Kier alpha value is -2.87. The Kier molecular flexibility index (Phi) is 8.44. The summed E-state index contributed by atoms with van der Waals surface area (Å²) in [6.45, 7) is 7.34. The maximum absolute atomic E-state index is 13.4. The first-order valence-corrected chi connectivity index (χ1v) is 12.4. The molecule has 8 heteroatoms. The summed E-state index contributed by atoms with van der Waals surface area (Å²) < 4.78 is 26.5. The highest BCUT2D eigenvalue weighted by Gasteiger charge is 2.30. The minimum Gasteiger partial charge on any atom is -0.357 e. The number of benzene rings is 2. The van der Waals surface area contributed by atoms with Crippen LogP contribution in [0.1, 0.15) is 43.4 Å². The predicted molar refractivity (Wildman–Crippen MR) is 128 cm³/mol. The molecule has 0 aliphatic heterocycles. The Morgan fingerprint density at radius 1 is 1.00 bits per heavy atom. The van der Waals surface area contributed by atoms with E-state index in [0.717, 1.165) is 27.3 Å². The van der Waals surface area contributed by atoms with Gasteiger partial charge in [-0.3, -0.25) is 13.9 Å². The zero-order valence-electron chi connectivity index (χ0n) is 19.6. The summed E-state index contributed by atoms with van der Waals surface area (Å²) in [5.74, 6) is -0.705. The van der Waals surface area contributed by atoms with Gasteiger partial charge in [0.25, 0.3) is 0 Å². The summed E-state index contributed by atoms with van der Waals surface area (Å²) in [6, 6.07) is 14.1. The third-order valence-electron chi connectivity index (χ3n) is 5.39. The Balaban J connectivity index is 2.44. The van der Waals surface area contributed by atoms with E-state index in [-0.39, 0.29) is 18.4 Å². The number of anilines is 1. The van der Waals surface area contributed by atoms with E-state index in [9.17, 15) is 18.0 Å². The summed E-state index contributed by atoms with van der Waals surface area (Å²) >= 11 is 0. The Morgan fingerprint density at radius 2 is 1.59 bits per heavy atom. The largest absolute Gasteiger partial charge is 0.357 e. The lowest BCUT2D eigenvalue weighted by molar-refractivity contribution is -0.139. The van der Waals surface area contributed by atoms with Crippen LogP contribution in [-0.4, -0.2) is 51.0 Å². The van der Waals surface area contributed by atoms with Crippen molar-refractivity contribution in [3.8, 4) is 0 Å². The van der Waals surface area contributed by atoms with Gasteiger partial charge in [0, 0.05) is 13.6 Å². The molecule has 0 saturated heterocycles. The lowest BCUT2D eigenvalue weighted by atomic mass is 10.0. The first-order chi connectivity index (χ1) is 15.0. The van der Waals surface area contributed by atoms with E-state index in [0.29, 0.717) is 5.69 Å². The molecule has 0 saturated carbocycles. The van der Waals surface area contributed by atoms with E-state index in [1.54, 1.807) is 19.1 Å². The highest BCUT2D eigenvalue weighted by atomic mass is 32.2. The monoisotopic (exact) mass is 459 g/mol. The van der Waals surface area contributed by atoms with Crippen LogP contribution in [-0.2, 0) is 26.2 Å². The van der Waals surface area contributed by atoms with Gasteiger partial charge in [-0.1, -0.05) is 61.9 Å². The van der Waals surface area contributed by atoms with Crippen molar-refractivity contribution in [2.45, 2.75) is 46.2 Å². The lowest BCUT2D eigenvalue weighted by Crippen LogP contribution is -2.50. The van der Waals surface area contributed by atoms with Gasteiger partial charge in [-0.05, 0) is 37.0 Å². The number of aryl methyl sites for hydroxylation is 1. The van der Waals surface area contributed by atoms with Gasteiger partial charge in [-0.2, -0.15) is 0 Å². The summed E-state index contributed by atoms with van der Waals surface area (Å²) in [7, 11) is -2.24. The van der Waals surface area contributed by atoms with Crippen LogP contribution in [0.2, 0.25) is 0 Å². The smallest absolute Gasteiger partial charge is 0.244 e. The van der Waals surface area contributed by atoms with Crippen LogP contribution >= 0.6 is 0 Å². The Labute approximate surface area is 191 Å². The minimum atomic E-state index is -3.75. The fraction of sp³-hybridized carbons (Fsp3) is 0.417. The number of carbonyl (C=O) groups is 2. The van der Waals surface area contributed by atoms with Crippen molar-refractivity contribution in [3.05, 3.63) is 65.2 Å². The first-order valence-electron chi connectivity index (χ1n) is 10.6. The number of para-hydroxylation sites is 1. The first kappa shape index (κ1) is 25.4. The third kappa shape index (κ3) is 6.32. The highest BCUT2D eigenvalue weighted by Crippen LogP contribution is 2.29. The van der Waals surface area contributed by atoms with Gasteiger partial charge in [0.2, 0.25) is 21.8 Å². The molecule has 0 aliphatic carbocycles. The molecule has 1 N–H and O–H groups in total. The quantitative estimate of drug-likeness (QED) is 0.624. The second-order valence-corrected chi connectivity index (χ2v) is 10.2. The molecule has 2 aromatic carbocycles. The molecule has 2 amide bonds. The van der Waals surface area contributed by atoms with Gasteiger partial charge in [0.1, 0.15) is 12.6 Å². The number of sulfonamides is 1. The number of carbonyl (C=O) groups excluding carboxylic acids is 2. The van der Waals surface area contributed by atoms with Crippen molar-refractivity contribution in [2.24, 2.45) is 0 Å². The number of likely N-dealkylation sites (N-methyl/N-ethyl adjacent to an activating group) is 1. The molecule has 2 rings (SSSR count). The molecule has 0 aromatic heterocycles. The standard InChI is InChI=1S/C24H33N3O4S/c1-17(2)21-9-7-8-10-22(21)27(32(6,30)31)16-23(28)26(19(4)24(29)25-5)15-20-13-11-18(3)12-14-20/h7-14,17,19H,15-16H2,1-6H3,(H,25,29). The Morgan fingerprint density at radius 3 is 2.12 bits per heavy atom. The van der Waals surface area contributed by atoms with Gasteiger partial charge >= 0.3 is 0 Å². The SMILES string of the molecule is CNC(=O)C(C)N(Cc1ccc(C)cc1)C(=O)CN(c1ccccc1C(C)C)S(C)(=O)=O. The molecule has 174 valence electrons. The molecule has 0 heterocycles. The van der Waals surface area contributed by atoms with E-state index in [4.69, 9.17) is 0 Å². The van der Waals surface area contributed by atoms with E-state index < -0.39 is 28.5 Å². The maximum atomic E-state index is 13.4. The molecule has 32 heavy (non-hydrogen) atoms. The molecule has 0 fully saturated rings. The molecule has 0 aliphatic rings. The van der Waals surface area contributed by atoms with Crippen LogP contribution in [0.15, 0.2) is 48.5 Å². The van der Waals surface area contributed by atoms with Gasteiger partial charge in [0.15, 0.2) is 0 Å². The zero-order valence-corrected chi connectivity index (χ0v) is 20.4. The average Bonchev–Trinajstić information content (AvgIpc) is 2.75. The van der Waals surface area contributed by atoms with Gasteiger partial charge in [-0.25, -0.2) is 8.42 Å². The molecule has 0 bridgehead atoms. The van der Waals surface area contributed by atoms with Crippen LogP contribution in [0.5, 0.6) is 0 Å². The van der Waals surface area contributed by atoms with Crippen LogP contribution in [0, 0.1) is 6.92 Å². The number of hydrogen-bond acceptors (Lipinski definition) is 4. The van der Waals surface area contributed by atoms with Crippen LogP contribution in [0.25, 0.3) is 0 Å². The van der Waals surface area contributed by atoms with E-state index in [2.05, 4.69) is 5.32 Å². The lowest BCUT2D eigenvalue weighted by Gasteiger charge is -2.32. The van der Waals surface area contributed by atoms with E-state index >= 15 is 0 Å². The molecule has 1 atom stereocenters. The van der Waals surface area contributed by atoms with Gasteiger partial charge in [-0.15, -0.1) is 0 Å². The van der Waals surface area contributed by atoms with Crippen LogP contribution in [0.3, 0.4) is 0 Å². The summed E-state index contributed by atoms with van der Waals surface area (Å²) in [6.07, 6.45) is 1.09. The van der Waals surface area contributed by atoms with Crippen molar-refractivity contribution in [1.82, 2.24) is 10.2 Å². The summed E-state index contributed by atoms with van der Waals surface area (Å²) in [5.41, 5.74) is 3.24. The van der Waals surface area contributed by atoms with Crippen molar-refractivity contribution < 1.29 is 18.0 Å². The van der Waals surface area contributed by atoms with E-state index in [1.807, 2.05) is 57.2 Å². The fourth-order valence-corrected chi connectivity index (χ4v) is 4.35. The van der Waals surface area contributed by atoms with Crippen molar-refractivity contribution in [1.29, 1.82) is 0 Å². The maximum Gasteiger partial charge on any atom is 0.244 e. The van der Waals surface area contributed by atoms with Crippen LogP contribution < -0.4 is 9.62 Å². The normalized spacial score (nSPS) is 12.3. The predicted octanol–water partition coefficient (Wildman–Crippen LogP) is 3.05. The summed E-state index contributed by atoms with van der Waals surface area (Å²) in [5, 5.41) is 2.57. The van der Waals surface area contributed by atoms with Crippen molar-refractivity contribution in [3.63, 3.8) is 0 Å². The zero-order chi connectivity index (χ0) is 24.1. The molecule has 1 unspecified atom stereocenters. The van der Waals surface area contributed by atoms with Gasteiger partial charge in [0.05, 0.1) is 11.9 Å². The number of nitrogens with zero attached hydrogens (tertiary/aromatic N) is 2. The number of hydrogen-bond donors (Lipinski definition) is 1. The van der Waals surface area contributed by atoms with Gasteiger partial charge < -0.3 is 10.2 Å². The topological polar surface area (TPSA) is 86.8 Å². The number of rotatable bonds is 9. The second-order valence-electron chi connectivity index (χ2n) is 8.28. The van der Waals surface area contributed by atoms with Crippen molar-refractivity contribution in [2.75, 3.05) is 24.2 Å². The fourth-order valence-electron chi connectivity index (χ4n) is 3.48. The Bertz CT molecular complexity index is 1050. The molecule has 0 spiro atoms. The van der Waals surface area contributed by atoms with Crippen LogP contribution in [0.4, 0.5) is 5.69 Å². The second kappa shape index (κ2) is 10.6.